The fraction of sp³-hybridized carbons (Fsp3) is 0.286. The summed E-state index contributed by atoms with van der Waals surface area (Å²) in [5, 5.41) is 8.85. The second-order valence-corrected chi connectivity index (χ2v) is 3.23. The van der Waals surface area contributed by atoms with Crippen molar-refractivity contribution in [3.63, 3.8) is 0 Å². The van der Waals surface area contributed by atoms with Crippen LogP contribution in [-0.2, 0) is 0 Å². The van der Waals surface area contributed by atoms with E-state index in [1.807, 2.05) is 0 Å². The Balaban J connectivity index is 3.05. The first kappa shape index (κ1) is 10.5. The van der Waals surface area contributed by atoms with Crippen molar-refractivity contribution in [2.24, 2.45) is 0 Å². The molecule has 0 aliphatic carbocycles. The molecule has 1 unspecified atom stereocenters. The van der Waals surface area contributed by atoms with Gasteiger partial charge in [-0.1, -0.05) is 0 Å². The third kappa shape index (κ3) is 2.41. The fourth-order valence-corrected chi connectivity index (χ4v) is 1.13. The van der Waals surface area contributed by atoms with Gasteiger partial charge in [-0.05, 0) is 22.0 Å². The number of aliphatic hydroxyl groups is 1. The Bertz CT molecular complexity index is 308. The smallest absolute Gasteiger partial charge is 0.268 e. The highest BCUT2D eigenvalue weighted by Crippen LogP contribution is 2.24. The molecule has 0 radical (unpaired) electrons. The molecule has 1 aromatic heterocycles. The van der Waals surface area contributed by atoms with Crippen LogP contribution in [0.25, 0.3) is 0 Å². The summed E-state index contributed by atoms with van der Waals surface area (Å²) in [6, 6.07) is 1.07. The summed E-state index contributed by atoms with van der Waals surface area (Å²) < 4.78 is 37.0. The minimum Gasteiger partial charge on any atom is -0.382 e. The molecule has 0 aromatic carbocycles. The Morgan fingerprint density at radius 3 is 2.62 bits per heavy atom. The van der Waals surface area contributed by atoms with Crippen LogP contribution in [0.1, 0.15) is 11.7 Å². The van der Waals surface area contributed by atoms with Crippen LogP contribution in [0.4, 0.5) is 13.2 Å². The van der Waals surface area contributed by atoms with Crippen LogP contribution in [0.5, 0.6) is 0 Å². The summed E-state index contributed by atoms with van der Waals surface area (Å²) in [5.74, 6) is -1.09. The van der Waals surface area contributed by atoms with Gasteiger partial charge in [0.25, 0.3) is 6.43 Å². The summed E-state index contributed by atoms with van der Waals surface area (Å²) in [7, 11) is 0. The van der Waals surface area contributed by atoms with Crippen molar-refractivity contribution in [2.45, 2.75) is 12.5 Å². The molecule has 1 atom stereocenters. The average molecular weight is 256 g/mol. The maximum absolute atomic E-state index is 12.8. The highest BCUT2D eigenvalue weighted by atomic mass is 79.9. The van der Waals surface area contributed by atoms with Gasteiger partial charge in [-0.2, -0.15) is 4.39 Å². The minimum absolute atomic E-state index is 0.337. The standard InChI is InChI=1S/C7H5BrF3NO/c8-3-1-4(5(13)6(9)10)7(11)12-2-3/h1-2,5-6,13H. The van der Waals surface area contributed by atoms with E-state index in [2.05, 4.69) is 20.9 Å². The third-order valence-electron chi connectivity index (χ3n) is 1.39. The monoisotopic (exact) mass is 255 g/mol. The molecule has 2 nitrogen and oxygen atoms in total. The lowest BCUT2D eigenvalue weighted by atomic mass is 10.2. The third-order valence-corrected chi connectivity index (χ3v) is 1.82. The summed E-state index contributed by atoms with van der Waals surface area (Å²) in [4.78, 5) is 3.18. The van der Waals surface area contributed by atoms with Gasteiger partial charge in [-0.3, -0.25) is 0 Å². The first-order chi connectivity index (χ1) is 6.02. The second-order valence-electron chi connectivity index (χ2n) is 2.31. The molecule has 1 aromatic rings. The summed E-state index contributed by atoms with van der Waals surface area (Å²) in [6.07, 6.45) is -4.03. The molecule has 1 N–H and O–H groups in total. The molecule has 72 valence electrons. The zero-order chi connectivity index (χ0) is 10.0. The Morgan fingerprint density at radius 2 is 2.08 bits per heavy atom. The molecule has 0 saturated heterocycles. The van der Waals surface area contributed by atoms with Crippen molar-refractivity contribution in [3.05, 3.63) is 28.2 Å². The van der Waals surface area contributed by atoms with Crippen LogP contribution < -0.4 is 0 Å². The number of rotatable bonds is 2. The molecule has 0 fully saturated rings. The number of halogens is 4. The maximum atomic E-state index is 12.8. The van der Waals surface area contributed by atoms with Gasteiger partial charge < -0.3 is 5.11 Å². The Hall–Kier alpha value is -0.620. The van der Waals surface area contributed by atoms with E-state index in [-0.39, 0.29) is 0 Å². The van der Waals surface area contributed by atoms with Crippen LogP contribution in [0, 0.1) is 5.95 Å². The minimum atomic E-state index is -3.02. The molecule has 1 rings (SSSR count). The average Bonchev–Trinajstić information content (AvgIpc) is 2.08. The Labute approximate surface area is 80.5 Å². The summed E-state index contributed by atoms with van der Waals surface area (Å²) in [5.41, 5.74) is -0.510. The molecule has 0 saturated carbocycles. The molecule has 0 aliphatic rings. The number of aromatic nitrogens is 1. The van der Waals surface area contributed by atoms with Gasteiger partial charge in [-0.25, -0.2) is 13.8 Å². The molecule has 6 heteroatoms. The van der Waals surface area contributed by atoms with Gasteiger partial charge in [-0.15, -0.1) is 0 Å². The topological polar surface area (TPSA) is 33.1 Å². The number of nitrogens with zero attached hydrogens (tertiary/aromatic N) is 1. The highest BCUT2D eigenvalue weighted by Gasteiger charge is 2.23. The van der Waals surface area contributed by atoms with Gasteiger partial charge in [0, 0.05) is 16.2 Å². The number of aliphatic hydroxyl groups excluding tert-OH is 1. The molecular formula is C7H5BrF3NO. The lowest BCUT2D eigenvalue weighted by Gasteiger charge is -2.09. The number of alkyl halides is 2. The molecule has 0 bridgehead atoms. The van der Waals surface area contributed by atoms with E-state index in [1.54, 1.807) is 0 Å². The van der Waals surface area contributed by atoms with E-state index in [9.17, 15) is 13.2 Å². The predicted molar refractivity (Wildman–Crippen MR) is 42.9 cm³/mol. The van der Waals surface area contributed by atoms with Crippen molar-refractivity contribution in [1.29, 1.82) is 0 Å². The van der Waals surface area contributed by atoms with E-state index in [0.29, 0.717) is 4.47 Å². The molecular weight excluding hydrogens is 251 g/mol. The fourth-order valence-electron chi connectivity index (χ4n) is 0.781. The normalized spacial score (nSPS) is 13.4. The molecule has 0 spiro atoms. The van der Waals surface area contributed by atoms with Gasteiger partial charge >= 0.3 is 0 Å². The summed E-state index contributed by atoms with van der Waals surface area (Å²) in [6.45, 7) is 0. The van der Waals surface area contributed by atoms with Crippen LogP contribution in [-0.4, -0.2) is 16.5 Å². The Morgan fingerprint density at radius 1 is 1.46 bits per heavy atom. The van der Waals surface area contributed by atoms with E-state index in [0.717, 1.165) is 12.3 Å². The Kier molecular flexibility index (Phi) is 3.27. The van der Waals surface area contributed by atoms with Gasteiger partial charge in [0.05, 0.1) is 0 Å². The maximum Gasteiger partial charge on any atom is 0.268 e. The van der Waals surface area contributed by atoms with E-state index in [1.165, 1.54) is 0 Å². The zero-order valence-electron chi connectivity index (χ0n) is 6.22. The quantitative estimate of drug-likeness (QED) is 0.823. The first-order valence-electron chi connectivity index (χ1n) is 3.29. The highest BCUT2D eigenvalue weighted by molar-refractivity contribution is 9.10. The molecule has 0 aliphatic heterocycles. The van der Waals surface area contributed by atoms with Crippen LogP contribution in [0.15, 0.2) is 16.7 Å². The van der Waals surface area contributed by atoms with E-state index < -0.39 is 24.0 Å². The van der Waals surface area contributed by atoms with Crippen molar-refractivity contribution < 1.29 is 18.3 Å². The van der Waals surface area contributed by atoms with Crippen LogP contribution in [0.3, 0.4) is 0 Å². The van der Waals surface area contributed by atoms with Crippen molar-refractivity contribution in [3.8, 4) is 0 Å². The van der Waals surface area contributed by atoms with E-state index >= 15 is 0 Å². The lowest BCUT2D eigenvalue weighted by molar-refractivity contribution is -0.00816. The van der Waals surface area contributed by atoms with Crippen molar-refractivity contribution in [2.75, 3.05) is 0 Å². The first-order valence-corrected chi connectivity index (χ1v) is 4.09. The lowest BCUT2D eigenvalue weighted by Crippen LogP contribution is -2.10. The largest absolute Gasteiger partial charge is 0.382 e. The van der Waals surface area contributed by atoms with Crippen molar-refractivity contribution in [1.82, 2.24) is 4.98 Å². The number of pyridine rings is 1. The van der Waals surface area contributed by atoms with Gasteiger partial charge in [0.15, 0.2) is 0 Å². The molecule has 13 heavy (non-hydrogen) atoms. The molecule has 1 heterocycles. The SMILES string of the molecule is OC(c1cc(Br)cnc1F)C(F)F. The van der Waals surface area contributed by atoms with Gasteiger partial charge in [0.1, 0.15) is 6.10 Å². The van der Waals surface area contributed by atoms with Gasteiger partial charge in [0.2, 0.25) is 5.95 Å². The van der Waals surface area contributed by atoms with Crippen LogP contribution in [0.2, 0.25) is 0 Å². The van der Waals surface area contributed by atoms with Crippen molar-refractivity contribution >= 4 is 15.9 Å². The number of hydrogen-bond donors (Lipinski definition) is 1. The molecule has 0 amide bonds. The predicted octanol–water partition coefficient (Wildman–Crippen LogP) is 2.28. The number of hydrogen-bond acceptors (Lipinski definition) is 2. The van der Waals surface area contributed by atoms with Crippen LogP contribution >= 0.6 is 15.9 Å². The zero-order valence-corrected chi connectivity index (χ0v) is 7.80. The summed E-state index contributed by atoms with van der Waals surface area (Å²) >= 11 is 2.93. The van der Waals surface area contributed by atoms with E-state index in [4.69, 9.17) is 5.11 Å². The second kappa shape index (κ2) is 4.06.